The summed E-state index contributed by atoms with van der Waals surface area (Å²) in [5.74, 6) is -56.5. The maximum absolute atomic E-state index is 15.1. The molecule has 3 aromatic rings. The molecule has 0 unspecified atom stereocenters. The summed E-state index contributed by atoms with van der Waals surface area (Å²) in [6.45, 7) is 0. The second-order valence-electron chi connectivity index (χ2n) is 10.2. The fourth-order valence-corrected chi connectivity index (χ4v) is 9.64. The molecule has 0 saturated heterocycles. The van der Waals surface area contributed by atoms with Gasteiger partial charge in [0.1, 0.15) is 9.55 Å². The van der Waals surface area contributed by atoms with Crippen LogP contribution in [0.4, 0.5) is 74.6 Å². The van der Waals surface area contributed by atoms with Crippen molar-refractivity contribution >= 4 is 43.8 Å². The minimum absolute atomic E-state index is 0.184. The van der Waals surface area contributed by atoms with E-state index in [0.717, 1.165) is 9.55 Å². The van der Waals surface area contributed by atoms with Crippen molar-refractivity contribution in [2.75, 3.05) is 6.16 Å². The van der Waals surface area contributed by atoms with Crippen LogP contribution in [0.1, 0.15) is 6.42 Å². The summed E-state index contributed by atoms with van der Waals surface area (Å²) in [6.07, 6.45) is -11.5. The summed E-state index contributed by atoms with van der Waals surface area (Å²) in [5.41, 5.74) is 0. The van der Waals surface area contributed by atoms with E-state index in [1.807, 2.05) is 0 Å². The molecule has 20 heteroatoms. The van der Waals surface area contributed by atoms with Gasteiger partial charge >= 0.3 is 249 Å². The van der Waals surface area contributed by atoms with Crippen molar-refractivity contribution < 1.29 is 74.6 Å². The Kier molecular flexibility index (Phi) is 12.1. The van der Waals surface area contributed by atoms with Gasteiger partial charge < -0.3 is 0 Å². The molecule has 3 aromatic carbocycles. The van der Waals surface area contributed by atoms with Gasteiger partial charge in [0, 0.05) is 0 Å². The Morgan fingerprint density at radius 3 is 0.917 bits per heavy atom. The van der Waals surface area contributed by atoms with Crippen molar-refractivity contribution in [1.82, 2.24) is 0 Å². The summed E-state index contributed by atoms with van der Waals surface area (Å²) in [5, 5.41) is 0.553. The zero-order valence-electron chi connectivity index (χ0n) is 23.9. The summed E-state index contributed by atoms with van der Waals surface area (Å²) in [7, 11) is -3.29. The molecular weight excluding hydrogens is 754 g/mol. The first-order valence-electron chi connectivity index (χ1n) is 13.0. The number of hydrogen-bond acceptors (Lipinski definition) is 0. The topological polar surface area (TPSA) is 0 Å². The van der Waals surface area contributed by atoms with Crippen LogP contribution in [-0.2, 0) is 0 Å². The molecule has 0 fully saturated rings. The van der Waals surface area contributed by atoms with Crippen LogP contribution in [-0.4, -0.2) is 63.3 Å². The van der Waals surface area contributed by atoms with Crippen LogP contribution < -0.4 is 15.9 Å². The molecule has 0 aliphatic rings. The molecule has 0 aromatic heterocycles. The number of rotatable bonds is 12. The van der Waals surface area contributed by atoms with Crippen molar-refractivity contribution in [3.8, 4) is 0 Å². The Morgan fingerprint density at radius 2 is 0.646 bits per heavy atom. The largest absolute Gasteiger partial charge is 0.181 e. The van der Waals surface area contributed by atoms with Crippen LogP contribution in [0.5, 0.6) is 0 Å². The first kappa shape index (κ1) is 41.6. The van der Waals surface area contributed by atoms with Crippen molar-refractivity contribution in [2.45, 2.75) is 54.1 Å². The van der Waals surface area contributed by atoms with Gasteiger partial charge in [-0.25, -0.2) is 0 Å². The maximum Gasteiger partial charge on any atom is 0.109 e. The average molecular weight is 777 g/mol. The minimum Gasteiger partial charge on any atom is -0.181 e. The molecule has 0 atom stereocenters. The number of hydrogen-bond donors (Lipinski definition) is 0. The number of benzene rings is 3. The summed E-state index contributed by atoms with van der Waals surface area (Å²) in [4.78, 5) is 0. The molecule has 0 heterocycles. The van der Waals surface area contributed by atoms with Crippen molar-refractivity contribution in [3.05, 3.63) is 91.0 Å². The quantitative estimate of drug-likeness (QED) is 0.0749. The van der Waals surface area contributed by atoms with E-state index in [1.165, 1.54) is 91.0 Å². The predicted molar refractivity (Wildman–Crippen MR) is 153 cm³/mol. The van der Waals surface area contributed by atoms with E-state index < -0.39 is 67.5 Å². The molecule has 3 rings (SSSR count). The standard InChI is InChI=1S/C28H20F17P.ClH3Si/c29-21(30,22(31,32)23(33,34)24(35,36)25(37,38)26(39,40)27(41,42)28(43,44)45)16-17-46(18-10-4-1-5-11-18,19-12-6-2-7-13-19)20-14-8-3-9-15-20;1-2/h1-15,46H,16-17H2;2H3. The van der Waals surface area contributed by atoms with Crippen molar-refractivity contribution in [2.24, 2.45) is 0 Å². The molecule has 0 radical (unpaired) electrons. The first-order chi connectivity index (χ1) is 21.8. The van der Waals surface area contributed by atoms with Crippen LogP contribution in [0.15, 0.2) is 91.0 Å². The number of alkyl halides is 17. The average Bonchev–Trinajstić information content (AvgIpc) is 3.02. The molecule has 0 spiro atoms. The zero-order valence-corrected chi connectivity index (χ0v) is 27.6. The molecule has 0 aliphatic heterocycles. The van der Waals surface area contributed by atoms with Gasteiger partial charge in [0.15, 0.2) is 0 Å². The molecule has 0 bridgehead atoms. The fraction of sp³-hybridized carbons (Fsp3) is 0.357. The van der Waals surface area contributed by atoms with E-state index >= 15 is 8.78 Å². The van der Waals surface area contributed by atoms with E-state index in [9.17, 15) is 65.9 Å². The van der Waals surface area contributed by atoms with Gasteiger partial charge in [-0.3, -0.25) is 0 Å². The fourth-order valence-electron chi connectivity index (χ4n) is 4.80. The first-order valence-corrected chi connectivity index (χ1v) is 18.3. The molecule has 0 saturated carbocycles. The van der Waals surface area contributed by atoms with Crippen LogP contribution in [0, 0.1) is 0 Å². The Balaban J connectivity index is 0.00000392. The third kappa shape index (κ3) is 6.52. The van der Waals surface area contributed by atoms with Gasteiger partial charge in [-0.15, -0.1) is 0 Å². The molecule has 0 nitrogen and oxygen atoms in total. The van der Waals surface area contributed by atoms with Gasteiger partial charge in [-0.1, -0.05) is 0 Å². The third-order valence-corrected chi connectivity index (χ3v) is 12.4. The van der Waals surface area contributed by atoms with Gasteiger partial charge in [0.2, 0.25) is 0 Å². The van der Waals surface area contributed by atoms with E-state index in [-0.39, 0.29) is 15.9 Å². The Morgan fingerprint density at radius 1 is 0.396 bits per heavy atom. The molecule has 0 N–H and O–H groups in total. The second kappa shape index (κ2) is 14.0. The Hall–Kier alpha value is -2.59. The number of halogens is 18. The van der Waals surface area contributed by atoms with Crippen molar-refractivity contribution in [3.63, 3.8) is 0 Å². The van der Waals surface area contributed by atoms with Crippen LogP contribution in [0.25, 0.3) is 0 Å². The van der Waals surface area contributed by atoms with Gasteiger partial charge in [-0.2, -0.15) is 11.1 Å². The molecule has 48 heavy (non-hydrogen) atoms. The SMILES string of the molecule is FC(F)(F)C(F)(F)C(F)(F)C(F)(F)C(F)(F)C(F)(F)C(F)(F)C(F)(F)CC[PH](c1ccccc1)(c1ccccc1)c1ccccc1.[SiH3]Cl. The molecular formula is C28H23ClF17PSi. The smallest absolute Gasteiger partial charge is 0.109 e. The normalized spacial score (nSPS) is 14.7. The summed E-state index contributed by atoms with van der Waals surface area (Å²) in [6, 6.07) is 20.9. The van der Waals surface area contributed by atoms with E-state index in [2.05, 4.69) is 0 Å². The third-order valence-electron chi connectivity index (χ3n) is 7.40. The van der Waals surface area contributed by atoms with Crippen LogP contribution in [0.2, 0.25) is 0 Å². The molecule has 0 aliphatic carbocycles. The van der Waals surface area contributed by atoms with Crippen LogP contribution >= 0.6 is 18.3 Å². The van der Waals surface area contributed by atoms with E-state index in [4.69, 9.17) is 11.1 Å². The van der Waals surface area contributed by atoms with E-state index in [0.29, 0.717) is 0 Å². The Bertz CT molecular complexity index is 1370. The van der Waals surface area contributed by atoms with Crippen LogP contribution in [0.3, 0.4) is 0 Å². The maximum atomic E-state index is 15.1. The summed E-state index contributed by atoms with van der Waals surface area (Å²) >= 11 is 4.78. The predicted octanol–water partition coefficient (Wildman–Crippen LogP) is 8.62. The second-order valence-corrected chi connectivity index (χ2v) is 14.2. The molecule has 270 valence electrons. The van der Waals surface area contributed by atoms with Crippen molar-refractivity contribution in [1.29, 1.82) is 0 Å². The van der Waals surface area contributed by atoms with E-state index in [1.54, 1.807) is 0 Å². The molecule has 0 amide bonds. The van der Waals surface area contributed by atoms with Gasteiger partial charge in [0.05, 0.1) is 0 Å². The minimum atomic E-state index is -8.65. The Labute approximate surface area is 269 Å². The zero-order chi connectivity index (χ0) is 37.3. The summed E-state index contributed by atoms with van der Waals surface area (Å²) < 4.78 is 235. The monoisotopic (exact) mass is 776 g/mol. The van der Waals surface area contributed by atoms with Gasteiger partial charge in [0.25, 0.3) is 0 Å². The van der Waals surface area contributed by atoms with Gasteiger partial charge in [-0.05, 0) is 0 Å².